The monoisotopic (exact) mass is 439 g/mol. The van der Waals surface area contributed by atoms with Crippen LogP contribution in [0.2, 0.25) is 5.02 Å². The van der Waals surface area contributed by atoms with Crippen molar-refractivity contribution in [3.05, 3.63) is 63.2 Å². The first-order valence-electron chi connectivity index (χ1n) is 9.05. The maximum atomic E-state index is 12.2. The third-order valence-electron chi connectivity index (χ3n) is 4.80. The standard InChI is InChI=1S/C19H22ClN3O5S/c1-29(26,27)19-12-16(23(24)25)6-7-17(19)21-13-18(22-8-10-28-11-9-22)14-2-4-15(20)5-3-14/h2-7,12,18,21H,8-11,13H2,1H3. The first kappa shape index (κ1) is 21.5. The number of sulfone groups is 1. The van der Waals surface area contributed by atoms with E-state index >= 15 is 0 Å². The summed E-state index contributed by atoms with van der Waals surface area (Å²) in [4.78, 5) is 12.6. The highest BCUT2D eigenvalue weighted by atomic mass is 35.5. The Labute approximate surface area is 174 Å². The summed E-state index contributed by atoms with van der Waals surface area (Å²) in [5.74, 6) is 0. The molecule has 1 fully saturated rings. The van der Waals surface area contributed by atoms with Crippen LogP contribution in [0.25, 0.3) is 0 Å². The van der Waals surface area contributed by atoms with Crippen molar-refractivity contribution in [1.29, 1.82) is 0 Å². The first-order chi connectivity index (χ1) is 13.8. The molecular weight excluding hydrogens is 418 g/mol. The van der Waals surface area contributed by atoms with Crippen molar-refractivity contribution in [2.45, 2.75) is 10.9 Å². The average molecular weight is 440 g/mol. The minimum Gasteiger partial charge on any atom is -0.382 e. The molecule has 8 nitrogen and oxygen atoms in total. The lowest BCUT2D eigenvalue weighted by atomic mass is 10.0. The number of morpholine rings is 1. The number of ether oxygens (including phenoxy) is 1. The molecule has 0 saturated carbocycles. The van der Waals surface area contributed by atoms with Crippen molar-refractivity contribution in [1.82, 2.24) is 4.90 Å². The highest BCUT2D eigenvalue weighted by molar-refractivity contribution is 7.90. The molecule has 29 heavy (non-hydrogen) atoms. The highest BCUT2D eigenvalue weighted by Crippen LogP contribution is 2.29. The molecule has 1 aliphatic rings. The van der Waals surface area contributed by atoms with Gasteiger partial charge in [0, 0.05) is 43.0 Å². The van der Waals surface area contributed by atoms with Gasteiger partial charge < -0.3 is 10.1 Å². The number of nitro groups is 1. The maximum absolute atomic E-state index is 12.2. The second kappa shape index (κ2) is 9.08. The van der Waals surface area contributed by atoms with Crippen molar-refractivity contribution < 1.29 is 18.1 Å². The van der Waals surface area contributed by atoms with Crippen LogP contribution in [0.1, 0.15) is 11.6 Å². The second-order valence-electron chi connectivity index (χ2n) is 6.81. The van der Waals surface area contributed by atoms with Crippen molar-refractivity contribution in [2.75, 3.05) is 44.4 Å². The van der Waals surface area contributed by atoms with Crippen LogP contribution in [0.3, 0.4) is 0 Å². The molecule has 1 heterocycles. The van der Waals surface area contributed by atoms with Gasteiger partial charge in [0.1, 0.15) is 0 Å². The Morgan fingerprint density at radius 1 is 1.21 bits per heavy atom. The Balaban J connectivity index is 1.89. The fourth-order valence-electron chi connectivity index (χ4n) is 3.32. The van der Waals surface area contributed by atoms with Crippen LogP contribution in [0, 0.1) is 10.1 Å². The smallest absolute Gasteiger partial charge is 0.270 e. The normalized spacial score (nSPS) is 16.3. The lowest BCUT2D eigenvalue weighted by Gasteiger charge is -2.35. The van der Waals surface area contributed by atoms with Gasteiger partial charge in [-0.1, -0.05) is 23.7 Å². The van der Waals surface area contributed by atoms with Gasteiger partial charge in [-0.15, -0.1) is 0 Å². The summed E-state index contributed by atoms with van der Waals surface area (Å²) in [6.07, 6.45) is 1.04. The van der Waals surface area contributed by atoms with Crippen LogP contribution < -0.4 is 5.32 Å². The van der Waals surface area contributed by atoms with E-state index in [1.807, 2.05) is 24.3 Å². The van der Waals surface area contributed by atoms with Crippen LogP contribution in [0.5, 0.6) is 0 Å². The van der Waals surface area contributed by atoms with Crippen LogP contribution in [0.4, 0.5) is 11.4 Å². The summed E-state index contributed by atoms with van der Waals surface area (Å²) < 4.78 is 29.8. The molecule has 10 heteroatoms. The number of non-ortho nitro benzene ring substituents is 1. The molecule has 0 radical (unpaired) electrons. The highest BCUT2D eigenvalue weighted by Gasteiger charge is 2.24. The van der Waals surface area contributed by atoms with Crippen LogP contribution in [0.15, 0.2) is 47.4 Å². The Bertz CT molecular complexity index is 976. The van der Waals surface area contributed by atoms with E-state index in [2.05, 4.69) is 10.2 Å². The summed E-state index contributed by atoms with van der Waals surface area (Å²) in [5.41, 5.74) is 1.11. The van der Waals surface area contributed by atoms with Gasteiger partial charge >= 0.3 is 0 Å². The SMILES string of the molecule is CS(=O)(=O)c1cc([N+](=O)[O-])ccc1NCC(c1ccc(Cl)cc1)N1CCOCC1. The fraction of sp³-hybridized carbons (Fsp3) is 0.368. The molecule has 0 bridgehead atoms. The number of anilines is 1. The molecule has 0 aromatic heterocycles. The zero-order valence-corrected chi connectivity index (χ0v) is 17.4. The minimum absolute atomic E-state index is 0.0428. The summed E-state index contributed by atoms with van der Waals surface area (Å²) in [6, 6.07) is 11.3. The fourth-order valence-corrected chi connectivity index (χ4v) is 4.32. The second-order valence-corrected chi connectivity index (χ2v) is 9.23. The third-order valence-corrected chi connectivity index (χ3v) is 6.19. The molecule has 1 N–H and O–H groups in total. The Morgan fingerprint density at radius 3 is 2.45 bits per heavy atom. The molecule has 3 rings (SSSR count). The zero-order valence-electron chi connectivity index (χ0n) is 15.9. The van der Waals surface area contributed by atoms with E-state index in [0.717, 1.165) is 31.0 Å². The summed E-state index contributed by atoms with van der Waals surface area (Å²) in [7, 11) is -3.65. The minimum atomic E-state index is -3.65. The number of benzene rings is 2. The molecule has 1 unspecified atom stereocenters. The lowest BCUT2D eigenvalue weighted by Crippen LogP contribution is -2.41. The van der Waals surface area contributed by atoms with E-state index in [-0.39, 0.29) is 16.6 Å². The van der Waals surface area contributed by atoms with E-state index in [0.29, 0.717) is 30.5 Å². The first-order valence-corrected chi connectivity index (χ1v) is 11.3. The van der Waals surface area contributed by atoms with Gasteiger partial charge in [0.2, 0.25) is 0 Å². The van der Waals surface area contributed by atoms with Gasteiger partial charge in [-0.2, -0.15) is 0 Å². The van der Waals surface area contributed by atoms with Gasteiger partial charge in [-0.05, 0) is 23.8 Å². The van der Waals surface area contributed by atoms with Gasteiger partial charge in [-0.25, -0.2) is 8.42 Å². The Kier molecular flexibility index (Phi) is 6.74. The van der Waals surface area contributed by atoms with E-state index < -0.39 is 14.8 Å². The Morgan fingerprint density at radius 2 is 1.86 bits per heavy atom. The lowest BCUT2D eigenvalue weighted by molar-refractivity contribution is -0.385. The summed E-state index contributed by atoms with van der Waals surface area (Å²) in [6.45, 7) is 3.15. The summed E-state index contributed by atoms with van der Waals surface area (Å²) >= 11 is 6.02. The quantitative estimate of drug-likeness (QED) is 0.522. The predicted molar refractivity (Wildman–Crippen MR) is 111 cm³/mol. The largest absolute Gasteiger partial charge is 0.382 e. The van der Waals surface area contributed by atoms with Crippen LogP contribution >= 0.6 is 11.6 Å². The van der Waals surface area contributed by atoms with Crippen molar-refractivity contribution >= 4 is 32.8 Å². The maximum Gasteiger partial charge on any atom is 0.270 e. The average Bonchev–Trinajstić information content (AvgIpc) is 2.69. The third kappa shape index (κ3) is 5.45. The van der Waals surface area contributed by atoms with Gasteiger partial charge in [0.05, 0.1) is 34.8 Å². The number of nitrogens with zero attached hydrogens (tertiary/aromatic N) is 2. The number of nitrogens with one attached hydrogen (secondary N) is 1. The van der Waals surface area contributed by atoms with Gasteiger partial charge in [0.15, 0.2) is 9.84 Å². The predicted octanol–water partition coefficient (Wildman–Crippen LogP) is 3.14. The van der Waals surface area contributed by atoms with E-state index in [1.54, 1.807) is 0 Å². The van der Waals surface area contributed by atoms with Gasteiger partial charge in [-0.3, -0.25) is 15.0 Å². The molecule has 1 atom stereocenters. The molecule has 2 aromatic rings. The van der Waals surface area contributed by atoms with Crippen LogP contribution in [-0.2, 0) is 14.6 Å². The number of nitro benzene ring substituents is 1. The molecule has 0 aliphatic carbocycles. The Hall–Kier alpha value is -2.20. The van der Waals surface area contributed by atoms with Gasteiger partial charge in [0.25, 0.3) is 5.69 Å². The molecule has 2 aromatic carbocycles. The van der Waals surface area contributed by atoms with E-state index in [4.69, 9.17) is 16.3 Å². The number of hydrogen-bond donors (Lipinski definition) is 1. The van der Waals surface area contributed by atoms with E-state index in [1.165, 1.54) is 12.1 Å². The topological polar surface area (TPSA) is 102 Å². The van der Waals surface area contributed by atoms with E-state index in [9.17, 15) is 18.5 Å². The number of rotatable bonds is 7. The van der Waals surface area contributed by atoms with Crippen LogP contribution in [-0.4, -0.2) is 57.3 Å². The number of hydrogen-bond acceptors (Lipinski definition) is 7. The van der Waals surface area contributed by atoms with Crippen molar-refractivity contribution in [3.8, 4) is 0 Å². The molecule has 156 valence electrons. The van der Waals surface area contributed by atoms with Crippen molar-refractivity contribution in [2.24, 2.45) is 0 Å². The molecular formula is C19H22ClN3O5S. The number of halogens is 1. The molecule has 0 spiro atoms. The molecule has 1 saturated heterocycles. The van der Waals surface area contributed by atoms with Crippen molar-refractivity contribution in [3.63, 3.8) is 0 Å². The molecule has 0 amide bonds. The molecule has 1 aliphatic heterocycles. The zero-order chi connectivity index (χ0) is 21.0. The summed E-state index contributed by atoms with van der Waals surface area (Å²) in [5, 5.41) is 14.9.